The third-order valence-corrected chi connectivity index (χ3v) is 3.27. The Balaban J connectivity index is 2.87. The maximum Gasteiger partial charge on any atom is 0.254 e. The molecule has 0 fully saturated rings. The molecule has 1 atom stereocenters. The van der Waals surface area contributed by atoms with Crippen molar-refractivity contribution in [3.8, 4) is 0 Å². The third kappa shape index (κ3) is 3.68. The number of rotatable bonds is 5. The number of amides is 1. The van der Waals surface area contributed by atoms with E-state index in [4.69, 9.17) is 16.7 Å². The van der Waals surface area contributed by atoms with Crippen LogP contribution in [-0.4, -0.2) is 23.2 Å². The molecule has 1 aromatic rings. The molecule has 0 saturated heterocycles. The van der Waals surface area contributed by atoms with Crippen molar-refractivity contribution < 1.29 is 14.3 Å². The summed E-state index contributed by atoms with van der Waals surface area (Å²) in [5.74, 6) is -1.15. The maximum absolute atomic E-state index is 13.6. The van der Waals surface area contributed by atoms with E-state index in [1.54, 1.807) is 0 Å². The lowest BCUT2D eigenvalue weighted by molar-refractivity contribution is 0.0882. The van der Waals surface area contributed by atoms with Crippen molar-refractivity contribution in [2.24, 2.45) is 0 Å². The minimum absolute atomic E-state index is 0.0340. The molecular weight excluding hydrogens is 257 g/mol. The Bertz CT molecular complexity index is 439. The standard InChI is InChI=1S/C13H17ClFNO2/c1-3-13(2,6-7-17)16-12(18)10-5-4-9(14)8-11(10)15/h4-5,8,17H,3,6-7H2,1-2H3,(H,16,18). The van der Waals surface area contributed by atoms with Gasteiger partial charge in [0.05, 0.1) is 5.56 Å². The Hall–Kier alpha value is -1.13. The summed E-state index contributed by atoms with van der Waals surface area (Å²) in [4.78, 5) is 12.0. The second-order valence-corrected chi connectivity index (χ2v) is 4.90. The zero-order valence-electron chi connectivity index (χ0n) is 10.5. The number of hydrogen-bond donors (Lipinski definition) is 2. The number of carbonyl (C=O) groups excluding carboxylic acids is 1. The van der Waals surface area contributed by atoms with E-state index in [1.807, 2.05) is 13.8 Å². The normalized spacial score (nSPS) is 14.1. The Kier molecular flexibility index (Phi) is 5.11. The van der Waals surface area contributed by atoms with E-state index in [-0.39, 0.29) is 17.2 Å². The van der Waals surface area contributed by atoms with Crippen molar-refractivity contribution >= 4 is 17.5 Å². The number of hydrogen-bond acceptors (Lipinski definition) is 2. The topological polar surface area (TPSA) is 49.3 Å². The minimum atomic E-state index is -0.651. The number of carbonyl (C=O) groups is 1. The fraction of sp³-hybridized carbons (Fsp3) is 0.462. The van der Waals surface area contributed by atoms with Gasteiger partial charge in [-0.15, -0.1) is 0 Å². The molecule has 2 N–H and O–H groups in total. The number of aliphatic hydroxyl groups excluding tert-OH is 1. The number of halogens is 2. The Morgan fingerprint density at radius 3 is 2.72 bits per heavy atom. The van der Waals surface area contributed by atoms with E-state index < -0.39 is 17.3 Å². The predicted molar refractivity (Wildman–Crippen MR) is 69.3 cm³/mol. The SMILES string of the molecule is CCC(C)(CCO)NC(=O)c1ccc(Cl)cc1F. The van der Waals surface area contributed by atoms with E-state index in [1.165, 1.54) is 12.1 Å². The van der Waals surface area contributed by atoms with Crippen LogP contribution in [0.1, 0.15) is 37.0 Å². The average molecular weight is 274 g/mol. The molecule has 0 spiro atoms. The molecule has 0 saturated carbocycles. The molecular formula is C13H17ClFNO2. The third-order valence-electron chi connectivity index (χ3n) is 3.03. The fourth-order valence-corrected chi connectivity index (χ4v) is 1.75. The van der Waals surface area contributed by atoms with E-state index in [0.717, 1.165) is 6.07 Å². The zero-order chi connectivity index (χ0) is 13.8. The summed E-state index contributed by atoms with van der Waals surface area (Å²) < 4.78 is 13.6. The minimum Gasteiger partial charge on any atom is -0.396 e. The van der Waals surface area contributed by atoms with Gasteiger partial charge in [-0.1, -0.05) is 18.5 Å². The van der Waals surface area contributed by atoms with Crippen molar-refractivity contribution in [3.63, 3.8) is 0 Å². The molecule has 3 nitrogen and oxygen atoms in total. The summed E-state index contributed by atoms with van der Waals surface area (Å²) in [5.41, 5.74) is -0.588. The maximum atomic E-state index is 13.6. The van der Waals surface area contributed by atoms with Gasteiger partial charge in [0.2, 0.25) is 0 Å². The van der Waals surface area contributed by atoms with Crippen LogP contribution in [-0.2, 0) is 0 Å². The van der Waals surface area contributed by atoms with E-state index in [0.29, 0.717) is 12.8 Å². The van der Waals surface area contributed by atoms with Crippen LogP contribution in [0, 0.1) is 5.82 Å². The first kappa shape index (κ1) is 14.9. The first-order chi connectivity index (χ1) is 8.41. The van der Waals surface area contributed by atoms with Crippen LogP contribution in [0.2, 0.25) is 5.02 Å². The molecule has 1 rings (SSSR count). The van der Waals surface area contributed by atoms with Gasteiger partial charge in [-0.3, -0.25) is 4.79 Å². The molecule has 5 heteroatoms. The van der Waals surface area contributed by atoms with Gasteiger partial charge in [0.15, 0.2) is 0 Å². The Morgan fingerprint density at radius 2 is 2.22 bits per heavy atom. The molecule has 0 aliphatic heterocycles. The van der Waals surface area contributed by atoms with E-state index >= 15 is 0 Å². The fourth-order valence-electron chi connectivity index (χ4n) is 1.59. The number of aliphatic hydroxyl groups is 1. The monoisotopic (exact) mass is 273 g/mol. The Morgan fingerprint density at radius 1 is 1.56 bits per heavy atom. The van der Waals surface area contributed by atoms with Crippen LogP contribution >= 0.6 is 11.6 Å². The van der Waals surface area contributed by atoms with E-state index in [2.05, 4.69) is 5.32 Å². The van der Waals surface area contributed by atoms with Gasteiger partial charge in [-0.2, -0.15) is 0 Å². The molecule has 0 aliphatic carbocycles. The quantitative estimate of drug-likeness (QED) is 0.867. The molecule has 18 heavy (non-hydrogen) atoms. The number of nitrogens with one attached hydrogen (secondary N) is 1. The molecule has 1 aromatic carbocycles. The largest absolute Gasteiger partial charge is 0.396 e. The van der Waals surface area contributed by atoms with Crippen molar-refractivity contribution in [2.45, 2.75) is 32.2 Å². The second-order valence-electron chi connectivity index (χ2n) is 4.47. The zero-order valence-corrected chi connectivity index (χ0v) is 11.2. The van der Waals surface area contributed by atoms with Crippen LogP contribution in [0.3, 0.4) is 0 Å². The molecule has 1 amide bonds. The Labute approximate surface area is 111 Å². The smallest absolute Gasteiger partial charge is 0.254 e. The van der Waals surface area contributed by atoms with Gasteiger partial charge in [0, 0.05) is 17.2 Å². The van der Waals surface area contributed by atoms with Gasteiger partial charge in [0.1, 0.15) is 5.82 Å². The molecule has 0 radical (unpaired) electrons. The van der Waals surface area contributed by atoms with Crippen molar-refractivity contribution in [2.75, 3.05) is 6.61 Å². The lowest BCUT2D eigenvalue weighted by atomic mass is 9.94. The summed E-state index contributed by atoms with van der Waals surface area (Å²) in [6.45, 7) is 3.68. The van der Waals surface area contributed by atoms with Gasteiger partial charge >= 0.3 is 0 Å². The highest BCUT2D eigenvalue weighted by Gasteiger charge is 2.25. The number of benzene rings is 1. The van der Waals surface area contributed by atoms with Crippen LogP contribution in [0.5, 0.6) is 0 Å². The van der Waals surface area contributed by atoms with Crippen molar-refractivity contribution in [3.05, 3.63) is 34.6 Å². The van der Waals surface area contributed by atoms with Gasteiger partial charge in [-0.25, -0.2) is 4.39 Å². The predicted octanol–water partition coefficient (Wildman–Crippen LogP) is 2.76. The van der Waals surface area contributed by atoms with Gasteiger partial charge < -0.3 is 10.4 Å². The summed E-state index contributed by atoms with van der Waals surface area (Å²) >= 11 is 5.63. The highest BCUT2D eigenvalue weighted by atomic mass is 35.5. The molecule has 0 heterocycles. The van der Waals surface area contributed by atoms with E-state index in [9.17, 15) is 9.18 Å². The van der Waals surface area contributed by atoms with Crippen molar-refractivity contribution in [1.82, 2.24) is 5.32 Å². The highest BCUT2D eigenvalue weighted by Crippen LogP contribution is 2.18. The second kappa shape index (κ2) is 6.16. The molecule has 0 aliphatic rings. The van der Waals surface area contributed by atoms with Gasteiger partial charge in [-0.05, 0) is 38.0 Å². The van der Waals surface area contributed by atoms with Crippen LogP contribution in [0.25, 0.3) is 0 Å². The summed E-state index contributed by atoms with van der Waals surface area (Å²) in [5, 5.41) is 12.0. The highest BCUT2D eigenvalue weighted by molar-refractivity contribution is 6.30. The average Bonchev–Trinajstić information content (AvgIpc) is 2.28. The first-order valence-corrected chi connectivity index (χ1v) is 6.18. The first-order valence-electron chi connectivity index (χ1n) is 5.80. The molecule has 100 valence electrons. The molecule has 1 unspecified atom stereocenters. The van der Waals surface area contributed by atoms with Crippen LogP contribution in [0.4, 0.5) is 4.39 Å². The van der Waals surface area contributed by atoms with Crippen molar-refractivity contribution in [1.29, 1.82) is 0 Å². The summed E-state index contributed by atoms with van der Waals surface area (Å²) in [7, 11) is 0. The lowest BCUT2D eigenvalue weighted by Crippen LogP contribution is -2.46. The summed E-state index contributed by atoms with van der Waals surface area (Å²) in [6.07, 6.45) is 1.07. The lowest BCUT2D eigenvalue weighted by Gasteiger charge is -2.29. The molecule has 0 aromatic heterocycles. The van der Waals surface area contributed by atoms with Crippen LogP contribution < -0.4 is 5.32 Å². The summed E-state index contributed by atoms with van der Waals surface area (Å²) in [6, 6.07) is 3.92. The molecule has 0 bridgehead atoms. The van der Waals surface area contributed by atoms with Crippen LogP contribution in [0.15, 0.2) is 18.2 Å². The van der Waals surface area contributed by atoms with Gasteiger partial charge in [0.25, 0.3) is 5.91 Å².